The summed E-state index contributed by atoms with van der Waals surface area (Å²) in [6.07, 6.45) is 9.48. The maximum absolute atomic E-state index is 12.8. The van der Waals surface area contributed by atoms with Crippen LogP contribution in [-0.4, -0.2) is 24.7 Å². The lowest BCUT2D eigenvalue weighted by atomic mass is 10.1. The van der Waals surface area contributed by atoms with Crippen LogP contribution >= 0.6 is 0 Å². The van der Waals surface area contributed by atoms with Crippen molar-refractivity contribution < 1.29 is 8.42 Å². The minimum atomic E-state index is -3.36. The van der Waals surface area contributed by atoms with Crippen molar-refractivity contribution in [3.05, 3.63) is 46.5 Å². The molecule has 0 N–H and O–H groups in total. The molecule has 7 heteroatoms. The van der Waals surface area contributed by atoms with Crippen molar-refractivity contribution in [2.75, 3.05) is 12.3 Å². The zero-order valence-corrected chi connectivity index (χ0v) is 16.3. The number of aryl methyl sites for hydroxylation is 1. The maximum Gasteiger partial charge on any atom is 0.238 e. The Morgan fingerprint density at radius 1 is 1.08 bits per heavy atom. The van der Waals surface area contributed by atoms with Gasteiger partial charge in [0.15, 0.2) is 0 Å². The molecule has 0 aliphatic carbocycles. The Labute approximate surface area is 155 Å². The molecule has 0 saturated heterocycles. The number of rotatable bonds is 12. The van der Waals surface area contributed by atoms with Crippen LogP contribution in [-0.2, 0) is 16.4 Å². The summed E-state index contributed by atoms with van der Waals surface area (Å²) in [6.45, 7) is 2.59. The van der Waals surface area contributed by atoms with E-state index in [0.717, 1.165) is 29.3 Å². The van der Waals surface area contributed by atoms with Gasteiger partial charge in [-0.15, -0.1) is 0 Å². The molecule has 2 rings (SSSR count). The Morgan fingerprint density at radius 2 is 1.81 bits per heavy atom. The fourth-order valence-corrected chi connectivity index (χ4v) is 4.71. The summed E-state index contributed by atoms with van der Waals surface area (Å²) < 4.78 is 27.1. The lowest BCUT2D eigenvalue weighted by Gasteiger charge is -2.07. The lowest BCUT2D eigenvalue weighted by Crippen LogP contribution is -2.15. The van der Waals surface area contributed by atoms with Crippen molar-refractivity contribution in [2.24, 2.45) is 5.11 Å². The van der Waals surface area contributed by atoms with Crippen LogP contribution in [0.15, 0.2) is 35.6 Å². The molecule has 0 unspecified atom stereocenters. The van der Waals surface area contributed by atoms with Crippen LogP contribution < -0.4 is 0 Å². The van der Waals surface area contributed by atoms with Crippen molar-refractivity contribution in [2.45, 2.75) is 58.3 Å². The molecular weight excluding hydrogens is 348 g/mol. The summed E-state index contributed by atoms with van der Waals surface area (Å²) in [6, 6.07) is 7.59. The van der Waals surface area contributed by atoms with Gasteiger partial charge in [0, 0.05) is 23.0 Å². The monoisotopic (exact) mass is 376 g/mol. The van der Waals surface area contributed by atoms with Gasteiger partial charge in [-0.1, -0.05) is 62.3 Å². The van der Waals surface area contributed by atoms with E-state index < -0.39 is 10.0 Å². The van der Waals surface area contributed by atoms with Gasteiger partial charge < -0.3 is 0 Å². The first-order valence-electron chi connectivity index (χ1n) is 9.43. The van der Waals surface area contributed by atoms with E-state index in [4.69, 9.17) is 5.53 Å². The van der Waals surface area contributed by atoms with Gasteiger partial charge in [0.25, 0.3) is 0 Å². The second-order valence-corrected chi connectivity index (χ2v) is 8.57. The van der Waals surface area contributed by atoms with E-state index in [1.165, 1.54) is 23.2 Å². The predicted molar refractivity (Wildman–Crippen MR) is 107 cm³/mol. The second kappa shape index (κ2) is 10.2. The highest BCUT2D eigenvalue weighted by molar-refractivity contribution is 7.90. The molecule has 0 atom stereocenters. The standard InChI is InChI=1S/C19H28N4O2S/c1-2-3-4-5-6-9-15-26(24,25)23-16-17(11-10-14-21-22-20)18-12-7-8-13-19(18)23/h7-8,12-13,16H,2-6,9-11,14-15H2,1H3. The number of aromatic nitrogens is 1. The molecule has 0 spiro atoms. The SMILES string of the molecule is CCCCCCCCS(=O)(=O)n1cc(CCCN=[N+]=[N-])c2ccccc21. The van der Waals surface area contributed by atoms with Gasteiger partial charge in [0.1, 0.15) is 0 Å². The normalized spacial score (nSPS) is 11.6. The first-order valence-corrected chi connectivity index (χ1v) is 11.0. The number of nitrogens with zero attached hydrogens (tertiary/aromatic N) is 4. The van der Waals surface area contributed by atoms with Crippen LogP contribution in [0, 0.1) is 0 Å². The largest absolute Gasteiger partial charge is 0.245 e. The van der Waals surface area contributed by atoms with Crippen molar-refractivity contribution in [1.82, 2.24) is 3.97 Å². The molecule has 0 radical (unpaired) electrons. The summed E-state index contributed by atoms with van der Waals surface area (Å²) in [5, 5.41) is 4.51. The molecule has 1 aromatic heterocycles. The number of hydrogen-bond donors (Lipinski definition) is 0. The smallest absolute Gasteiger partial charge is 0.238 e. The summed E-state index contributed by atoms with van der Waals surface area (Å²) in [4.78, 5) is 2.76. The number of unbranched alkanes of at least 4 members (excludes halogenated alkanes) is 5. The highest BCUT2D eigenvalue weighted by atomic mass is 32.2. The molecule has 6 nitrogen and oxygen atoms in total. The number of azide groups is 1. The Kier molecular flexibility index (Phi) is 8.01. The number of fused-ring (bicyclic) bond motifs is 1. The van der Waals surface area contributed by atoms with Crippen LogP contribution in [0.2, 0.25) is 0 Å². The molecule has 2 aromatic rings. The van der Waals surface area contributed by atoms with Crippen LogP contribution in [0.1, 0.15) is 57.4 Å². The molecule has 142 valence electrons. The van der Waals surface area contributed by atoms with Gasteiger partial charge in [0.2, 0.25) is 10.0 Å². The fraction of sp³-hybridized carbons (Fsp3) is 0.579. The zero-order chi connectivity index (χ0) is 18.8. The molecule has 0 saturated carbocycles. The molecule has 0 aliphatic rings. The van der Waals surface area contributed by atoms with E-state index >= 15 is 0 Å². The van der Waals surface area contributed by atoms with E-state index in [1.54, 1.807) is 6.20 Å². The average Bonchev–Trinajstić information content (AvgIpc) is 3.01. The Balaban J connectivity index is 2.10. The highest BCUT2D eigenvalue weighted by Gasteiger charge is 2.18. The molecule has 0 bridgehead atoms. The van der Waals surface area contributed by atoms with Crippen molar-refractivity contribution >= 4 is 20.9 Å². The van der Waals surface area contributed by atoms with Crippen molar-refractivity contribution in [3.63, 3.8) is 0 Å². The minimum absolute atomic E-state index is 0.177. The molecule has 0 aliphatic heterocycles. The summed E-state index contributed by atoms with van der Waals surface area (Å²) in [5.41, 5.74) is 10.1. The molecule has 26 heavy (non-hydrogen) atoms. The third-order valence-electron chi connectivity index (χ3n) is 4.58. The summed E-state index contributed by atoms with van der Waals surface area (Å²) in [5.74, 6) is 0.177. The van der Waals surface area contributed by atoms with Crippen molar-refractivity contribution in [3.8, 4) is 0 Å². The molecule has 0 amide bonds. The third-order valence-corrected chi connectivity index (χ3v) is 6.29. The van der Waals surface area contributed by atoms with Crippen molar-refractivity contribution in [1.29, 1.82) is 0 Å². The van der Waals surface area contributed by atoms with E-state index in [2.05, 4.69) is 16.9 Å². The lowest BCUT2D eigenvalue weighted by molar-refractivity contribution is 0.577. The van der Waals surface area contributed by atoms with Crippen LogP contribution in [0.5, 0.6) is 0 Å². The maximum atomic E-state index is 12.8. The van der Waals surface area contributed by atoms with Crippen LogP contribution in [0.3, 0.4) is 0 Å². The predicted octanol–water partition coefficient (Wildman–Crippen LogP) is 5.42. The Bertz CT molecular complexity index is 852. The second-order valence-electron chi connectivity index (χ2n) is 6.61. The van der Waals surface area contributed by atoms with Gasteiger partial charge in [-0.25, -0.2) is 12.4 Å². The van der Waals surface area contributed by atoms with Gasteiger partial charge in [0.05, 0.1) is 11.3 Å². The summed E-state index contributed by atoms with van der Waals surface area (Å²) >= 11 is 0. The minimum Gasteiger partial charge on any atom is -0.245 e. The van der Waals surface area contributed by atoms with Gasteiger partial charge >= 0.3 is 0 Å². The first-order chi connectivity index (χ1) is 12.6. The number of hydrogen-bond acceptors (Lipinski definition) is 3. The first kappa shape index (κ1) is 20.3. The van der Waals surface area contributed by atoms with E-state index in [9.17, 15) is 8.42 Å². The van der Waals surface area contributed by atoms with Gasteiger partial charge in [-0.05, 0) is 36.4 Å². The number of para-hydroxylation sites is 1. The van der Waals surface area contributed by atoms with Gasteiger partial charge in [-0.2, -0.15) is 0 Å². The van der Waals surface area contributed by atoms with Gasteiger partial charge in [-0.3, -0.25) is 0 Å². The van der Waals surface area contributed by atoms with Crippen LogP contribution in [0.25, 0.3) is 21.3 Å². The highest BCUT2D eigenvalue weighted by Crippen LogP contribution is 2.25. The van der Waals surface area contributed by atoms with E-state index in [1.807, 2.05) is 24.3 Å². The topological polar surface area (TPSA) is 87.8 Å². The molecule has 1 heterocycles. The fourth-order valence-electron chi connectivity index (χ4n) is 3.20. The molecule has 1 aromatic carbocycles. The summed E-state index contributed by atoms with van der Waals surface area (Å²) in [7, 11) is -3.36. The average molecular weight is 377 g/mol. The molecule has 0 fully saturated rings. The Hall–Kier alpha value is -1.98. The number of benzene rings is 1. The van der Waals surface area contributed by atoms with E-state index in [0.29, 0.717) is 25.8 Å². The van der Waals surface area contributed by atoms with Crippen LogP contribution in [0.4, 0.5) is 0 Å². The quantitative estimate of drug-likeness (QED) is 0.214. The molecular formula is C19H28N4O2S. The zero-order valence-electron chi connectivity index (χ0n) is 15.5. The third kappa shape index (κ3) is 5.51. The van der Waals surface area contributed by atoms with E-state index in [-0.39, 0.29) is 5.75 Å². The Morgan fingerprint density at radius 3 is 2.58 bits per heavy atom.